The third-order valence-corrected chi connectivity index (χ3v) is 6.85. The summed E-state index contributed by atoms with van der Waals surface area (Å²) >= 11 is 0. The van der Waals surface area contributed by atoms with Crippen LogP contribution in [-0.4, -0.2) is 42.1 Å². The maximum atomic E-state index is 12.4. The van der Waals surface area contributed by atoms with Gasteiger partial charge in [-0.3, -0.25) is 9.69 Å². The summed E-state index contributed by atoms with van der Waals surface area (Å²) in [6.45, 7) is 3.82. The Labute approximate surface area is 166 Å². The lowest BCUT2D eigenvalue weighted by Crippen LogP contribution is -2.42. The first-order valence-corrected chi connectivity index (χ1v) is 10.5. The second-order valence-corrected chi connectivity index (χ2v) is 8.65. The number of carbonyl (C=O) groups is 1. The zero-order chi connectivity index (χ0) is 19.0. The lowest BCUT2D eigenvalue weighted by molar-refractivity contribution is -0.120. The summed E-state index contributed by atoms with van der Waals surface area (Å²) in [7, 11) is 0. The summed E-state index contributed by atoms with van der Waals surface area (Å²) in [5.74, 6) is 1.09. The molecule has 4 nitrogen and oxygen atoms in total. The number of nitrogens with one attached hydrogen (secondary N) is 1. The lowest BCUT2D eigenvalue weighted by Gasteiger charge is -2.29. The predicted octanol–water partition coefficient (Wildman–Crippen LogP) is 3.02. The van der Waals surface area contributed by atoms with Gasteiger partial charge in [-0.15, -0.1) is 0 Å². The van der Waals surface area contributed by atoms with Gasteiger partial charge in [-0.25, -0.2) is 0 Å². The van der Waals surface area contributed by atoms with Crippen molar-refractivity contribution in [1.82, 2.24) is 10.2 Å². The van der Waals surface area contributed by atoms with Gasteiger partial charge in [0.15, 0.2) is 0 Å². The molecule has 28 heavy (non-hydrogen) atoms. The third kappa shape index (κ3) is 3.36. The Balaban J connectivity index is 1.20. The summed E-state index contributed by atoms with van der Waals surface area (Å²) in [4.78, 5) is 15.0. The average Bonchev–Trinajstić information content (AvgIpc) is 3.36. The smallest absolute Gasteiger partial charge is 0.224 e. The van der Waals surface area contributed by atoms with Crippen LogP contribution in [0, 0.1) is 11.8 Å². The van der Waals surface area contributed by atoms with Crippen LogP contribution in [0.25, 0.3) is 0 Å². The number of rotatable bonds is 6. The molecular weight excluding hydrogens is 348 g/mol. The molecule has 0 saturated carbocycles. The van der Waals surface area contributed by atoms with E-state index in [0.29, 0.717) is 24.4 Å². The first-order chi connectivity index (χ1) is 13.7. The molecule has 3 saturated heterocycles. The van der Waals surface area contributed by atoms with Crippen molar-refractivity contribution in [2.45, 2.75) is 37.5 Å². The molecule has 3 fully saturated rings. The molecule has 3 heterocycles. The highest BCUT2D eigenvalue weighted by Gasteiger charge is 2.62. The molecule has 1 spiro atoms. The van der Waals surface area contributed by atoms with Gasteiger partial charge in [-0.05, 0) is 24.0 Å². The Kier molecular flexibility index (Phi) is 4.69. The van der Waals surface area contributed by atoms with Gasteiger partial charge in [0.25, 0.3) is 0 Å². The van der Waals surface area contributed by atoms with E-state index in [1.165, 1.54) is 12.0 Å². The van der Waals surface area contributed by atoms with Crippen molar-refractivity contribution in [3.05, 3.63) is 71.8 Å². The van der Waals surface area contributed by atoms with Gasteiger partial charge in [0, 0.05) is 38.0 Å². The molecule has 0 radical (unpaired) electrons. The van der Waals surface area contributed by atoms with Gasteiger partial charge in [-0.1, -0.05) is 60.7 Å². The van der Waals surface area contributed by atoms with Crippen LogP contribution in [0.2, 0.25) is 0 Å². The maximum Gasteiger partial charge on any atom is 0.224 e. The SMILES string of the molecule is O=C(Cc1ccccc1)NC[C@H]1[C@H]2CN(Cc3ccccc3)C[C@]23CC[C@H]1O3. The number of ether oxygens (including phenoxy) is 1. The highest BCUT2D eigenvalue weighted by molar-refractivity contribution is 5.78. The Hall–Kier alpha value is -2.17. The Morgan fingerprint density at radius 3 is 2.54 bits per heavy atom. The Morgan fingerprint density at radius 2 is 1.79 bits per heavy atom. The normalized spacial score (nSPS) is 31.1. The average molecular weight is 377 g/mol. The zero-order valence-electron chi connectivity index (χ0n) is 16.2. The van der Waals surface area contributed by atoms with E-state index in [0.717, 1.165) is 38.2 Å². The number of carbonyl (C=O) groups excluding carboxylic acids is 1. The number of amides is 1. The van der Waals surface area contributed by atoms with Crippen molar-refractivity contribution in [2.24, 2.45) is 11.8 Å². The summed E-state index contributed by atoms with van der Waals surface area (Å²) in [6.07, 6.45) is 3.08. The van der Waals surface area contributed by atoms with Crippen molar-refractivity contribution in [1.29, 1.82) is 0 Å². The minimum atomic E-state index is 0.0221. The fourth-order valence-corrected chi connectivity index (χ4v) is 5.60. The molecule has 1 amide bonds. The minimum Gasteiger partial charge on any atom is -0.370 e. The third-order valence-electron chi connectivity index (χ3n) is 6.85. The molecule has 4 heteroatoms. The van der Waals surface area contributed by atoms with E-state index in [1.807, 2.05) is 30.3 Å². The molecular formula is C24H28N2O2. The summed E-state index contributed by atoms with van der Waals surface area (Å²) in [5, 5.41) is 3.19. The molecule has 2 bridgehead atoms. The molecule has 0 aromatic heterocycles. The first kappa shape index (κ1) is 17.9. The molecule has 3 aliphatic heterocycles. The van der Waals surface area contributed by atoms with Crippen LogP contribution in [0.15, 0.2) is 60.7 Å². The molecule has 5 rings (SSSR count). The molecule has 0 unspecified atom stereocenters. The quantitative estimate of drug-likeness (QED) is 0.843. The van der Waals surface area contributed by atoms with E-state index >= 15 is 0 Å². The Bertz CT molecular complexity index is 825. The van der Waals surface area contributed by atoms with Crippen molar-refractivity contribution >= 4 is 5.91 Å². The topological polar surface area (TPSA) is 41.6 Å². The largest absolute Gasteiger partial charge is 0.370 e. The lowest BCUT2D eigenvalue weighted by atomic mass is 9.73. The monoisotopic (exact) mass is 376 g/mol. The Morgan fingerprint density at radius 1 is 1.07 bits per heavy atom. The van der Waals surface area contributed by atoms with Gasteiger partial charge < -0.3 is 10.1 Å². The van der Waals surface area contributed by atoms with Crippen LogP contribution in [0.3, 0.4) is 0 Å². The van der Waals surface area contributed by atoms with Crippen molar-refractivity contribution < 1.29 is 9.53 Å². The summed E-state index contributed by atoms with van der Waals surface area (Å²) in [5.41, 5.74) is 2.45. The molecule has 1 N–H and O–H groups in total. The van der Waals surface area contributed by atoms with Gasteiger partial charge in [0.05, 0.1) is 18.1 Å². The zero-order valence-corrected chi connectivity index (χ0v) is 16.2. The molecule has 4 atom stereocenters. The van der Waals surface area contributed by atoms with Crippen LogP contribution >= 0.6 is 0 Å². The molecule has 2 aromatic rings. The van der Waals surface area contributed by atoms with Crippen LogP contribution in [0.4, 0.5) is 0 Å². The van der Waals surface area contributed by atoms with Crippen molar-refractivity contribution in [3.8, 4) is 0 Å². The molecule has 3 aliphatic rings. The van der Waals surface area contributed by atoms with E-state index in [1.54, 1.807) is 0 Å². The van der Waals surface area contributed by atoms with Crippen LogP contribution in [-0.2, 0) is 22.5 Å². The number of likely N-dealkylation sites (tertiary alicyclic amines) is 1. The second-order valence-electron chi connectivity index (χ2n) is 8.65. The van der Waals surface area contributed by atoms with E-state index < -0.39 is 0 Å². The molecule has 0 aliphatic carbocycles. The number of hydrogen-bond acceptors (Lipinski definition) is 3. The van der Waals surface area contributed by atoms with Crippen molar-refractivity contribution in [3.63, 3.8) is 0 Å². The maximum absolute atomic E-state index is 12.4. The van der Waals surface area contributed by atoms with E-state index in [9.17, 15) is 4.79 Å². The number of nitrogens with zero attached hydrogens (tertiary/aromatic N) is 1. The standard InChI is InChI=1S/C24H28N2O2/c27-23(13-18-7-3-1-4-8-18)25-14-20-21-16-26(15-19-9-5-2-6-10-19)17-24(21)12-11-22(20)28-24/h1-10,20-22H,11-17H2,(H,25,27)/t20-,21+,22+,24+/m0/s1. The van der Waals surface area contributed by atoms with Gasteiger partial charge in [-0.2, -0.15) is 0 Å². The minimum absolute atomic E-state index is 0.0221. The van der Waals surface area contributed by atoms with E-state index in [2.05, 4.69) is 40.5 Å². The number of benzene rings is 2. The van der Waals surface area contributed by atoms with Gasteiger partial charge in [0.1, 0.15) is 0 Å². The fourth-order valence-electron chi connectivity index (χ4n) is 5.60. The van der Waals surface area contributed by atoms with Gasteiger partial charge in [0.2, 0.25) is 5.91 Å². The van der Waals surface area contributed by atoms with Crippen LogP contribution in [0.5, 0.6) is 0 Å². The highest BCUT2D eigenvalue weighted by Crippen LogP contribution is 2.54. The molecule has 146 valence electrons. The predicted molar refractivity (Wildman–Crippen MR) is 109 cm³/mol. The number of fused-ring (bicyclic) bond motifs is 1. The van der Waals surface area contributed by atoms with E-state index in [4.69, 9.17) is 4.74 Å². The highest BCUT2D eigenvalue weighted by atomic mass is 16.5. The summed E-state index contributed by atoms with van der Waals surface area (Å²) in [6, 6.07) is 20.6. The van der Waals surface area contributed by atoms with Crippen LogP contribution in [0.1, 0.15) is 24.0 Å². The second kappa shape index (κ2) is 7.34. The fraction of sp³-hybridized carbons (Fsp3) is 0.458. The summed E-state index contributed by atoms with van der Waals surface area (Å²) < 4.78 is 6.52. The molecule has 2 aromatic carbocycles. The van der Waals surface area contributed by atoms with Gasteiger partial charge >= 0.3 is 0 Å². The van der Waals surface area contributed by atoms with Crippen LogP contribution < -0.4 is 5.32 Å². The van der Waals surface area contributed by atoms with E-state index in [-0.39, 0.29) is 11.5 Å². The number of hydrogen-bond donors (Lipinski definition) is 1. The van der Waals surface area contributed by atoms with Crippen molar-refractivity contribution in [2.75, 3.05) is 19.6 Å². The first-order valence-electron chi connectivity index (χ1n) is 10.5.